The predicted octanol–water partition coefficient (Wildman–Crippen LogP) is 4.07. The molecule has 0 unspecified atom stereocenters. The Morgan fingerprint density at radius 1 is 1.15 bits per heavy atom. The van der Waals surface area contributed by atoms with E-state index in [0.717, 1.165) is 17.0 Å². The number of rotatable bonds is 4. The molecule has 0 saturated heterocycles. The topological polar surface area (TPSA) is 21.6 Å². The molecule has 0 spiro atoms. The van der Waals surface area contributed by atoms with Gasteiger partial charge in [-0.2, -0.15) is 0 Å². The summed E-state index contributed by atoms with van der Waals surface area (Å²) in [6.45, 7) is 4.46. The number of nitrogens with zero attached hydrogens (tertiary/aromatic N) is 1. The van der Waals surface area contributed by atoms with Crippen LogP contribution in [0.2, 0.25) is 0 Å². The van der Waals surface area contributed by atoms with E-state index in [9.17, 15) is 0 Å². The molecule has 0 N–H and O–H groups in total. The Morgan fingerprint density at radius 2 is 1.90 bits per heavy atom. The number of aryl methyl sites for hydroxylation is 1. The Hall–Kier alpha value is -2.53. The van der Waals surface area contributed by atoms with Crippen LogP contribution in [0.5, 0.6) is 5.75 Å². The SMILES string of the molecule is C#CCOc1ccc(C=Nc2cccc(C)c2C)cc1. The lowest BCUT2D eigenvalue weighted by Crippen LogP contribution is -1.93. The fourth-order valence-electron chi connectivity index (χ4n) is 1.79. The van der Waals surface area contributed by atoms with Gasteiger partial charge >= 0.3 is 0 Å². The summed E-state index contributed by atoms with van der Waals surface area (Å²) in [7, 11) is 0. The Balaban J connectivity index is 2.12. The normalized spacial score (nSPS) is 10.4. The van der Waals surface area contributed by atoms with E-state index in [1.165, 1.54) is 11.1 Å². The number of hydrogen-bond acceptors (Lipinski definition) is 2. The summed E-state index contributed by atoms with van der Waals surface area (Å²) in [4.78, 5) is 4.53. The number of aliphatic imine (C=N–C) groups is 1. The van der Waals surface area contributed by atoms with Crippen LogP contribution >= 0.6 is 0 Å². The Morgan fingerprint density at radius 3 is 2.60 bits per heavy atom. The quantitative estimate of drug-likeness (QED) is 0.602. The lowest BCUT2D eigenvalue weighted by atomic mass is 10.1. The lowest BCUT2D eigenvalue weighted by Gasteiger charge is -2.04. The zero-order valence-electron chi connectivity index (χ0n) is 11.8. The lowest BCUT2D eigenvalue weighted by molar-refractivity contribution is 0.370. The van der Waals surface area contributed by atoms with Gasteiger partial charge in [-0.1, -0.05) is 18.1 Å². The molecule has 0 aliphatic rings. The van der Waals surface area contributed by atoms with E-state index in [4.69, 9.17) is 11.2 Å². The fourth-order valence-corrected chi connectivity index (χ4v) is 1.79. The average molecular weight is 263 g/mol. The first-order chi connectivity index (χ1) is 9.70. The summed E-state index contributed by atoms with van der Waals surface area (Å²) in [5.74, 6) is 3.21. The Bertz CT molecular complexity index is 648. The molecule has 0 radical (unpaired) electrons. The first kappa shape index (κ1) is 13.9. The molecular formula is C18H17NO. The second-order valence-corrected chi connectivity index (χ2v) is 4.54. The van der Waals surface area contributed by atoms with Crippen molar-refractivity contribution in [2.75, 3.05) is 6.61 Å². The van der Waals surface area contributed by atoms with Gasteiger partial charge in [-0.3, -0.25) is 4.99 Å². The molecule has 0 bridgehead atoms. The van der Waals surface area contributed by atoms with Crippen LogP contribution in [-0.2, 0) is 0 Å². The third kappa shape index (κ3) is 3.49. The number of terminal acetylenes is 1. The third-order valence-corrected chi connectivity index (χ3v) is 3.13. The van der Waals surface area contributed by atoms with Crippen molar-refractivity contribution < 1.29 is 4.74 Å². The van der Waals surface area contributed by atoms with E-state index < -0.39 is 0 Å². The van der Waals surface area contributed by atoms with Gasteiger partial charge in [0.05, 0.1) is 5.69 Å². The molecule has 2 heteroatoms. The average Bonchev–Trinajstić information content (AvgIpc) is 2.48. The van der Waals surface area contributed by atoms with Crippen molar-refractivity contribution in [2.24, 2.45) is 4.99 Å². The van der Waals surface area contributed by atoms with E-state index in [1.807, 2.05) is 42.6 Å². The summed E-state index contributed by atoms with van der Waals surface area (Å²) < 4.78 is 5.33. The minimum Gasteiger partial charge on any atom is -0.481 e. The van der Waals surface area contributed by atoms with Crippen LogP contribution in [-0.4, -0.2) is 12.8 Å². The summed E-state index contributed by atoms with van der Waals surface area (Å²) in [6.07, 6.45) is 7.00. The highest BCUT2D eigenvalue weighted by molar-refractivity contribution is 5.82. The van der Waals surface area contributed by atoms with Crippen molar-refractivity contribution in [2.45, 2.75) is 13.8 Å². The smallest absolute Gasteiger partial charge is 0.148 e. The van der Waals surface area contributed by atoms with Crippen LogP contribution in [0.4, 0.5) is 5.69 Å². The molecule has 0 aliphatic heterocycles. The number of ether oxygens (including phenoxy) is 1. The summed E-state index contributed by atoms with van der Waals surface area (Å²) in [5, 5.41) is 0. The molecule has 100 valence electrons. The Labute approximate surface area is 120 Å². The van der Waals surface area contributed by atoms with Crippen molar-refractivity contribution in [1.82, 2.24) is 0 Å². The maximum Gasteiger partial charge on any atom is 0.148 e. The highest BCUT2D eigenvalue weighted by atomic mass is 16.5. The van der Waals surface area contributed by atoms with Gasteiger partial charge in [-0.15, -0.1) is 6.42 Å². The van der Waals surface area contributed by atoms with Crippen molar-refractivity contribution in [3.8, 4) is 18.1 Å². The molecule has 20 heavy (non-hydrogen) atoms. The minimum absolute atomic E-state index is 0.288. The highest BCUT2D eigenvalue weighted by Gasteiger charge is 1.98. The fraction of sp³-hybridized carbons (Fsp3) is 0.167. The van der Waals surface area contributed by atoms with E-state index in [1.54, 1.807) is 0 Å². The maximum absolute atomic E-state index is 5.33. The predicted molar refractivity (Wildman–Crippen MR) is 83.9 cm³/mol. The van der Waals surface area contributed by atoms with Gasteiger partial charge in [0.2, 0.25) is 0 Å². The van der Waals surface area contributed by atoms with E-state index in [0.29, 0.717) is 0 Å². The summed E-state index contributed by atoms with van der Waals surface area (Å²) in [5.41, 5.74) is 4.48. The highest BCUT2D eigenvalue weighted by Crippen LogP contribution is 2.21. The van der Waals surface area contributed by atoms with Crippen LogP contribution in [0.15, 0.2) is 47.5 Å². The van der Waals surface area contributed by atoms with Gasteiger partial charge in [-0.05, 0) is 60.9 Å². The van der Waals surface area contributed by atoms with E-state index >= 15 is 0 Å². The van der Waals surface area contributed by atoms with Crippen LogP contribution in [0, 0.1) is 26.2 Å². The molecular weight excluding hydrogens is 246 g/mol. The molecule has 0 fully saturated rings. The van der Waals surface area contributed by atoms with Crippen LogP contribution in [0.1, 0.15) is 16.7 Å². The first-order valence-corrected chi connectivity index (χ1v) is 6.47. The molecule has 2 nitrogen and oxygen atoms in total. The van der Waals surface area contributed by atoms with Gasteiger partial charge < -0.3 is 4.74 Å². The largest absolute Gasteiger partial charge is 0.481 e. The van der Waals surface area contributed by atoms with Gasteiger partial charge in [0, 0.05) is 6.21 Å². The van der Waals surface area contributed by atoms with E-state index in [-0.39, 0.29) is 6.61 Å². The van der Waals surface area contributed by atoms with Gasteiger partial charge in [0.15, 0.2) is 0 Å². The van der Waals surface area contributed by atoms with Crippen molar-refractivity contribution in [1.29, 1.82) is 0 Å². The summed E-state index contributed by atoms with van der Waals surface area (Å²) >= 11 is 0. The van der Waals surface area contributed by atoms with Crippen molar-refractivity contribution in [3.05, 3.63) is 59.2 Å². The van der Waals surface area contributed by atoms with E-state index in [2.05, 4.69) is 30.8 Å². The number of benzene rings is 2. The second-order valence-electron chi connectivity index (χ2n) is 4.54. The van der Waals surface area contributed by atoms with Gasteiger partial charge in [-0.25, -0.2) is 0 Å². The molecule has 0 aliphatic carbocycles. The van der Waals surface area contributed by atoms with Crippen LogP contribution in [0.25, 0.3) is 0 Å². The standard InChI is InChI=1S/C18H17NO/c1-4-12-20-17-10-8-16(9-11-17)13-19-18-7-5-6-14(2)15(18)3/h1,5-11,13H,12H2,2-3H3. The maximum atomic E-state index is 5.33. The summed E-state index contributed by atoms with van der Waals surface area (Å²) in [6, 6.07) is 13.8. The molecule has 0 atom stereocenters. The Kier molecular flexibility index (Phi) is 4.57. The minimum atomic E-state index is 0.288. The molecule has 0 amide bonds. The van der Waals surface area contributed by atoms with Gasteiger partial charge in [0.1, 0.15) is 12.4 Å². The third-order valence-electron chi connectivity index (χ3n) is 3.13. The molecule has 2 rings (SSSR count). The van der Waals surface area contributed by atoms with Gasteiger partial charge in [0.25, 0.3) is 0 Å². The second kappa shape index (κ2) is 6.58. The first-order valence-electron chi connectivity index (χ1n) is 6.47. The van der Waals surface area contributed by atoms with Crippen molar-refractivity contribution >= 4 is 11.9 Å². The molecule has 0 aromatic heterocycles. The molecule has 0 heterocycles. The number of hydrogen-bond donors (Lipinski definition) is 0. The molecule has 2 aromatic carbocycles. The van der Waals surface area contributed by atoms with Crippen molar-refractivity contribution in [3.63, 3.8) is 0 Å². The van der Waals surface area contributed by atoms with Crippen LogP contribution < -0.4 is 4.74 Å². The zero-order valence-corrected chi connectivity index (χ0v) is 11.8. The monoisotopic (exact) mass is 263 g/mol. The molecule has 2 aromatic rings. The zero-order chi connectivity index (χ0) is 14.4. The van der Waals surface area contributed by atoms with Crippen LogP contribution in [0.3, 0.4) is 0 Å². The molecule has 0 saturated carbocycles.